The van der Waals surface area contributed by atoms with E-state index >= 15 is 0 Å². The minimum atomic E-state index is -0.547. The Bertz CT molecular complexity index is 960. The summed E-state index contributed by atoms with van der Waals surface area (Å²) in [4.78, 5) is 16.7. The molecule has 0 aliphatic carbocycles. The summed E-state index contributed by atoms with van der Waals surface area (Å²) in [7, 11) is 1.86. The van der Waals surface area contributed by atoms with Gasteiger partial charge in [-0.2, -0.15) is 5.26 Å². The van der Waals surface area contributed by atoms with Crippen LogP contribution >= 0.6 is 0 Å². The zero-order chi connectivity index (χ0) is 18.5. The van der Waals surface area contributed by atoms with Gasteiger partial charge in [-0.1, -0.05) is 30.3 Å². The molecule has 7 heteroatoms. The summed E-state index contributed by atoms with van der Waals surface area (Å²) >= 11 is 0. The molecule has 0 unspecified atom stereocenters. The zero-order valence-electron chi connectivity index (χ0n) is 14.2. The largest absolute Gasteiger partial charge is 0.367 e. The topological polar surface area (TPSA) is 88.0 Å². The van der Waals surface area contributed by atoms with Crippen LogP contribution in [0.2, 0.25) is 0 Å². The van der Waals surface area contributed by atoms with Crippen LogP contribution in [0, 0.1) is 21.4 Å². The molecule has 0 amide bonds. The van der Waals surface area contributed by atoms with E-state index in [1.165, 1.54) is 17.7 Å². The lowest BCUT2D eigenvalue weighted by Crippen LogP contribution is -2.20. The molecular formula is C19H17N5O2. The van der Waals surface area contributed by atoms with Crippen LogP contribution in [-0.4, -0.2) is 21.5 Å². The van der Waals surface area contributed by atoms with E-state index in [1.807, 2.05) is 42.4 Å². The maximum Gasteiger partial charge on any atom is 0.287 e. The molecule has 0 fully saturated rings. The van der Waals surface area contributed by atoms with Gasteiger partial charge in [-0.25, -0.2) is 4.98 Å². The van der Waals surface area contributed by atoms with Gasteiger partial charge in [0.15, 0.2) is 0 Å². The highest BCUT2D eigenvalue weighted by Crippen LogP contribution is 2.24. The molecule has 3 aromatic rings. The number of aromatic nitrogens is 2. The van der Waals surface area contributed by atoms with Gasteiger partial charge in [-0.15, -0.1) is 0 Å². The predicted molar refractivity (Wildman–Crippen MR) is 97.7 cm³/mol. The molecule has 130 valence electrons. The van der Waals surface area contributed by atoms with Gasteiger partial charge in [0.05, 0.1) is 11.5 Å². The van der Waals surface area contributed by atoms with E-state index in [0.29, 0.717) is 13.1 Å². The van der Waals surface area contributed by atoms with Gasteiger partial charge in [0.1, 0.15) is 17.5 Å². The number of nitrogens with zero attached hydrogens (tertiary/aromatic N) is 5. The second-order valence-electron chi connectivity index (χ2n) is 5.88. The Labute approximate surface area is 150 Å². The van der Waals surface area contributed by atoms with Crippen molar-refractivity contribution in [3.8, 4) is 6.07 Å². The molecule has 26 heavy (non-hydrogen) atoms. The number of anilines is 1. The summed E-state index contributed by atoms with van der Waals surface area (Å²) in [5, 5.41) is 20.1. The van der Waals surface area contributed by atoms with E-state index in [-0.39, 0.29) is 11.3 Å². The Morgan fingerprint density at radius 2 is 2.04 bits per heavy atom. The summed E-state index contributed by atoms with van der Waals surface area (Å²) in [6.45, 7) is 1.23. The molecule has 7 nitrogen and oxygen atoms in total. The van der Waals surface area contributed by atoms with Gasteiger partial charge in [-0.3, -0.25) is 10.1 Å². The van der Waals surface area contributed by atoms with Crippen LogP contribution in [0.5, 0.6) is 0 Å². The van der Waals surface area contributed by atoms with Crippen molar-refractivity contribution in [1.82, 2.24) is 9.55 Å². The summed E-state index contributed by atoms with van der Waals surface area (Å²) in [5.41, 5.74) is 1.76. The zero-order valence-corrected chi connectivity index (χ0v) is 14.2. The van der Waals surface area contributed by atoms with Crippen molar-refractivity contribution < 1.29 is 4.92 Å². The summed E-state index contributed by atoms with van der Waals surface area (Å²) in [6, 6.07) is 16.5. The minimum Gasteiger partial charge on any atom is -0.367 e. The van der Waals surface area contributed by atoms with Crippen LogP contribution in [-0.2, 0) is 13.1 Å². The van der Waals surface area contributed by atoms with Crippen LogP contribution in [0.4, 0.5) is 11.4 Å². The lowest BCUT2D eigenvalue weighted by atomic mass is 10.1. The van der Waals surface area contributed by atoms with Gasteiger partial charge in [0.25, 0.3) is 5.69 Å². The van der Waals surface area contributed by atoms with Crippen LogP contribution in [0.15, 0.2) is 60.9 Å². The van der Waals surface area contributed by atoms with Gasteiger partial charge < -0.3 is 9.47 Å². The number of hydrogen-bond donors (Lipinski definition) is 0. The lowest BCUT2D eigenvalue weighted by molar-refractivity contribution is -0.385. The highest BCUT2D eigenvalue weighted by atomic mass is 16.6. The third kappa shape index (κ3) is 3.70. The molecule has 0 radical (unpaired) electrons. The van der Waals surface area contributed by atoms with Crippen molar-refractivity contribution in [1.29, 1.82) is 5.26 Å². The van der Waals surface area contributed by atoms with Crippen molar-refractivity contribution >= 4 is 11.4 Å². The molecule has 0 aliphatic heterocycles. The first kappa shape index (κ1) is 17.2. The summed E-state index contributed by atoms with van der Waals surface area (Å²) in [5.74, 6) is 0.869. The number of rotatable bonds is 6. The minimum absolute atomic E-state index is 0.0481. The van der Waals surface area contributed by atoms with Crippen molar-refractivity contribution in [3.05, 3.63) is 88.0 Å². The van der Waals surface area contributed by atoms with Crippen molar-refractivity contribution in [2.75, 3.05) is 11.9 Å². The van der Waals surface area contributed by atoms with Crippen LogP contribution in [0.1, 0.15) is 17.0 Å². The fourth-order valence-corrected chi connectivity index (χ4v) is 2.73. The number of nitriles is 1. The molecule has 0 spiro atoms. The molecule has 0 saturated carbocycles. The molecule has 1 aromatic heterocycles. The molecule has 0 bridgehead atoms. The first-order valence-corrected chi connectivity index (χ1v) is 8.02. The fourth-order valence-electron chi connectivity index (χ4n) is 2.73. The first-order valence-electron chi connectivity index (χ1n) is 8.02. The number of hydrogen-bond acceptors (Lipinski definition) is 5. The predicted octanol–water partition coefficient (Wildman–Crippen LogP) is 3.35. The van der Waals surface area contributed by atoms with Crippen molar-refractivity contribution in [2.45, 2.75) is 13.1 Å². The normalized spacial score (nSPS) is 10.3. The first-order chi connectivity index (χ1) is 12.6. The maximum atomic E-state index is 11.0. The molecule has 0 saturated heterocycles. The lowest BCUT2D eigenvalue weighted by Gasteiger charge is -2.20. The highest BCUT2D eigenvalue weighted by molar-refractivity contribution is 5.59. The van der Waals surface area contributed by atoms with Crippen LogP contribution in [0.25, 0.3) is 0 Å². The standard InChI is InChI=1S/C19H17N5O2/c1-22(17-7-8-18(24(25)26)16(11-17)12-20)14-19-21-9-10-23(19)13-15-5-3-2-4-6-15/h2-11H,13-14H2,1H3. The molecule has 0 N–H and O–H groups in total. The van der Waals surface area contributed by atoms with Crippen LogP contribution < -0.4 is 4.90 Å². The Morgan fingerprint density at radius 1 is 1.27 bits per heavy atom. The summed E-state index contributed by atoms with van der Waals surface area (Å²) < 4.78 is 2.06. The molecule has 0 atom stereocenters. The third-order valence-electron chi connectivity index (χ3n) is 4.11. The number of imidazole rings is 1. The van der Waals surface area contributed by atoms with E-state index in [4.69, 9.17) is 5.26 Å². The molecular weight excluding hydrogens is 330 g/mol. The van der Waals surface area contributed by atoms with E-state index < -0.39 is 4.92 Å². The van der Waals surface area contributed by atoms with Crippen molar-refractivity contribution in [3.63, 3.8) is 0 Å². The smallest absolute Gasteiger partial charge is 0.287 e. The molecule has 3 rings (SSSR count). The Kier molecular flexibility index (Phi) is 4.94. The number of nitro benzene ring substituents is 1. The van der Waals surface area contributed by atoms with E-state index in [9.17, 15) is 10.1 Å². The Hall–Kier alpha value is -3.66. The Balaban J connectivity index is 1.79. The van der Waals surface area contributed by atoms with E-state index in [0.717, 1.165) is 11.5 Å². The monoisotopic (exact) mass is 347 g/mol. The van der Waals surface area contributed by atoms with Gasteiger partial charge in [0, 0.05) is 37.7 Å². The van der Waals surface area contributed by atoms with E-state index in [2.05, 4.69) is 21.7 Å². The van der Waals surface area contributed by atoms with Gasteiger partial charge in [-0.05, 0) is 17.7 Å². The maximum absolute atomic E-state index is 11.0. The number of nitro groups is 1. The average molecular weight is 347 g/mol. The van der Waals surface area contributed by atoms with E-state index in [1.54, 1.807) is 12.3 Å². The van der Waals surface area contributed by atoms with Gasteiger partial charge >= 0.3 is 0 Å². The Morgan fingerprint density at radius 3 is 2.73 bits per heavy atom. The third-order valence-corrected chi connectivity index (χ3v) is 4.11. The second kappa shape index (κ2) is 7.49. The van der Waals surface area contributed by atoms with Crippen molar-refractivity contribution in [2.24, 2.45) is 0 Å². The number of benzene rings is 2. The van der Waals surface area contributed by atoms with Gasteiger partial charge in [0.2, 0.25) is 0 Å². The molecule has 1 heterocycles. The SMILES string of the molecule is CN(Cc1nccn1Cc1ccccc1)c1ccc([N+](=O)[O-])c(C#N)c1. The molecule has 0 aliphatic rings. The highest BCUT2D eigenvalue weighted by Gasteiger charge is 2.16. The second-order valence-corrected chi connectivity index (χ2v) is 5.88. The fraction of sp³-hybridized carbons (Fsp3) is 0.158. The summed E-state index contributed by atoms with van der Waals surface area (Å²) in [6.07, 6.45) is 3.68. The van der Waals surface area contributed by atoms with Crippen LogP contribution in [0.3, 0.4) is 0 Å². The average Bonchev–Trinajstić information content (AvgIpc) is 3.08. The quantitative estimate of drug-likeness (QED) is 0.504. The molecule has 2 aromatic carbocycles.